The number of H-pyrrole nitrogens is 1. The van der Waals surface area contributed by atoms with Crippen LogP contribution < -0.4 is 4.40 Å². The molecule has 3 aromatic carbocycles. The van der Waals surface area contributed by atoms with Crippen LogP contribution in [0.5, 0.6) is 0 Å². The zero-order chi connectivity index (χ0) is 20.2. The smallest absolute Gasteiger partial charge is 0.254 e. The van der Waals surface area contributed by atoms with Crippen LogP contribution in [0.3, 0.4) is 0 Å². The second-order valence-electron chi connectivity index (χ2n) is 7.35. The van der Waals surface area contributed by atoms with Gasteiger partial charge in [0.05, 0.1) is 11.7 Å². The minimum absolute atomic E-state index is 0.254. The number of nitrogens with zero attached hydrogens (tertiary/aromatic N) is 2. The first-order valence-corrected chi connectivity index (χ1v) is 10.0. The van der Waals surface area contributed by atoms with Crippen molar-refractivity contribution in [1.29, 1.82) is 0 Å². The van der Waals surface area contributed by atoms with Crippen molar-refractivity contribution in [3.05, 3.63) is 102 Å². The third-order valence-electron chi connectivity index (χ3n) is 5.57. The van der Waals surface area contributed by atoms with E-state index in [9.17, 15) is 4.39 Å². The van der Waals surface area contributed by atoms with E-state index in [2.05, 4.69) is 38.3 Å². The lowest BCUT2D eigenvalue weighted by Crippen LogP contribution is -2.17. The standard InChI is InChI=1S/C25H16ClFN3/c26-17-7-11-19(12-8-17)30-15-29-14-13-21-20-3-1-2-4-22(20)28-23(21)25(29)24(30)16-5-9-18(27)10-6-16/h1-15,28H/q+1. The number of halogens is 2. The number of aromatic amines is 1. The average molecular weight is 413 g/mol. The molecule has 6 rings (SSSR count). The lowest BCUT2D eigenvalue weighted by Gasteiger charge is -2.03. The zero-order valence-electron chi connectivity index (χ0n) is 15.8. The number of para-hydroxylation sites is 1. The summed E-state index contributed by atoms with van der Waals surface area (Å²) in [7, 11) is 0. The summed E-state index contributed by atoms with van der Waals surface area (Å²) in [5.74, 6) is -0.254. The fourth-order valence-electron chi connectivity index (χ4n) is 4.20. The van der Waals surface area contributed by atoms with Gasteiger partial charge < -0.3 is 4.98 Å². The first-order valence-electron chi connectivity index (χ1n) is 9.67. The highest BCUT2D eigenvalue weighted by molar-refractivity contribution is 6.30. The summed E-state index contributed by atoms with van der Waals surface area (Å²) in [5.41, 5.74) is 6.06. The Kier molecular flexibility index (Phi) is 3.70. The van der Waals surface area contributed by atoms with Crippen molar-refractivity contribution in [2.24, 2.45) is 0 Å². The highest BCUT2D eigenvalue weighted by Crippen LogP contribution is 2.33. The van der Waals surface area contributed by atoms with E-state index in [1.165, 1.54) is 17.5 Å². The number of nitrogens with one attached hydrogen (secondary N) is 1. The number of hydrogen-bond donors (Lipinski definition) is 1. The first kappa shape index (κ1) is 17.2. The molecular formula is C25H16ClFN3+. The van der Waals surface area contributed by atoms with Gasteiger partial charge in [-0.3, -0.25) is 0 Å². The summed E-state index contributed by atoms with van der Waals surface area (Å²) in [6, 6.07) is 24.8. The van der Waals surface area contributed by atoms with Gasteiger partial charge >= 0.3 is 0 Å². The summed E-state index contributed by atoms with van der Waals surface area (Å²) in [5, 5.41) is 3.02. The molecule has 1 N–H and O–H groups in total. The summed E-state index contributed by atoms with van der Waals surface area (Å²) in [6.07, 6.45) is 4.11. The van der Waals surface area contributed by atoms with Crippen molar-refractivity contribution < 1.29 is 8.79 Å². The molecule has 0 atom stereocenters. The Morgan fingerprint density at radius 2 is 1.60 bits per heavy atom. The monoisotopic (exact) mass is 412 g/mol. The lowest BCUT2D eigenvalue weighted by molar-refractivity contribution is -0.510. The molecule has 0 aliphatic carbocycles. The molecule has 3 nitrogen and oxygen atoms in total. The fourth-order valence-corrected chi connectivity index (χ4v) is 4.32. The predicted octanol–water partition coefficient (Wildman–Crippen LogP) is 6.31. The van der Waals surface area contributed by atoms with Crippen molar-refractivity contribution in [3.8, 4) is 16.9 Å². The molecule has 0 spiro atoms. The van der Waals surface area contributed by atoms with Crippen molar-refractivity contribution in [2.45, 2.75) is 0 Å². The van der Waals surface area contributed by atoms with Crippen molar-refractivity contribution in [1.82, 2.24) is 9.55 Å². The van der Waals surface area contributed by atoms with Crippen molar-refractivity contribution in [3.63, 3.8) is 0 Å². The molecule has 0 saturated carbocycles. The van der Waals surface area contributed by atoms with E-state index < -0.39 is 0 Å². The second kappa shape index (κ2) is 6.44. The Morgan fingerprint density at radius 1 is 0.833 bits per heavy atom. The number of imidazole rings is 1. The molecule has 3 heterocycles. The number of benzene rings is 3. The normalized spacial score (nSPS) is 11.7. The van der Waals surface area contributed by atoms with E-state index in [1.807, 2.05) is 54.9 Å². The lowest BCUT2D eigenvalue weighted by atomic mass is 10.1. The van der Waals surface area contributed by atoms with E-state index in [-0.39, 0.29) is 5.82 Å². The molecule has 0 saturated heterocycles. The van der Waals surface area contributed by atoms with Crippen molar-refractivity contribution >= 4 is 38.9 Å². The first-order chi connectivity index (χ1) is 14.7. The number of aromatic nitrogens is 3. The molecule has 0 aliphatic heterocycles. The maximum Gasteiger partial charge on any atom is 0.254 e. The van der Waals surface area contributed by atoms with E-state index in [0.717, 1.165) is 38.9 Å². The van der Waals surface area contributed by atoms with Gasteiger partial charge in [0, 0.05) is 26.9 Å². The maximum atomic E-state index is 13.7. The molecule has 0 amide bonds. The largest absolute Gasteiger partial charge is 0.351 e. The molecule has 5 heteroatoms. The Hall–Kier alpha value is -3.63. The average Bonchev–Trinajstić information content (AvgIpc) is 3.33. The summed E-state index contributed by atoms with van der Waals surface area (Å²) < 4.78 is 17.9. The highest BCUT2D eigenvalue weighted by Gasteiger charge is 2.24. The molecule has 0 radical (unpaired) electrons. The third kappa shape index (κ3) is 2.54. The fraction of sp³-hybridized carbons (Fsp3) is 0. The van der Waals surface area contributed by atoms with Crippen LogP contribution in [0.1, 0.15) is 0 Å². The molecule has 0 bridgehead atoms. The van der Waals surface area contributed by atoms with Gasteiger partial charge in [0.1, 0.15) is 11.5 Å². The minimum Gasteiger partial charge on any atom is -0.351 e. The predicted molar refractivity (Wildman–Crippen MR) is 119 cm³/mol. The van der Waals surface area contributed by atoms with Gasteiger partial charge in [0.15, 0.2) is 5.69 Å². The van der Waals surface area contributed by atoms with Crippen LogP contribution in [0.2, 0.25) is 5.02 Å². The van der Waals surface area contributed by atoms with Gasteiger partial charge in [-0.25, -0.2) is 4.39 Å². The molecule has 3 aromatic heterocycles. The van der Waals surface area contributed by atoms with Gasteiger partial charge in [-0.2, -0.15) is 8.97 Å². The summed E-state index contributed by atoms with van der Waals surface area (Å²) >= 11 is 6.11. The molecular weight excluding hydrogens is 397 g/mol. The SMILES string of the molecule is Fc1ccc(-c2c3c4[nH]c5ccccc5c4cc[n+]3cn2-c2ccc(Cl)cc2)cc1. The van der Waals surface area contributed by atoms with Gasteiger partial charge in [-0.05, 0) is 60.7 Å². The van der Waals surface area contributed by atoms with E-state index in [0.29, 0.717) is 5.02 Å². The number of pyridine rings is 1. The topological polar surface area (TPSA) is 24.8 Å². The molecule has 0 fully saturated rings. The maximum absolute atomic E-state index is 13.7. The Labute approximate surface area is 176 Å². The Balaban J connectivity index is 1.77. The molecule has 0 unspecified atom stereocenters. The van der Waals surface area contributed by atoms with E-state index >= 15 is 0 Å². The van der Waals surface area contributed by atoms with Gasteiger partial charge in [-0.1, -0.05) is 29.8 Å². The van der Waals surface area contributed by atoms with E-state index in [4.69, 9.17) is 11.6 Å². The Bertz CT molecular complexity index is 1540. The molecule has 30 heavy (non-hydrogen) atoms. The summed E-state index contributed by atoms with van der Waals surface area (Å²) in [4.78, 5) is 3.59. The highest BCUT2D eigenvalue weighted by atomic mass is 35.5. The molecule has 6 aromatic rings. The number of fused-ring (bicyclic) bond motifs is 5. The Morgan fingerprint density at radius 3 is 2.40 bits per heavy atom. The minimum atomic E-state index is -0.254. The van der Waals surface area contributed by atoms with Crippen LogP contribution in [0.4, 0.5) is 4.39 Å². The van der Waals surface area contributed by atoms with Crippen LogP contribution in [0.25, 0.3) is 44.3 Å². The molecule has 144 valence electrons. The van der Waals surface area contributed by atoms with Gasteiger partial charge in [0.25, 0.3) is 6.33 Å². The number of hydrogen-bond acceptors (Lipinski definition) is 0. The quantitative estimate of drug-likeness (QED) is 0.322. The van der Waals surface area contributed by atoms with Crippen LogP contribution in [0.15, 0.2) is 91.4 Å². The van der Waals surface area contributed by atoms with Crippen molar-refractivity contribution in [2.75, 3.05) is 0 Å². The van der Waals surface area contributed by atoms with E-state index in [1.54, 1.807) is 0 Å². The van der Waals surface area contributed by atoms with Gasteiger partial charge in [0.2, 0.25) is 5.52 Å². The van der Waals surface area contributed by atoms with Crippen LogP contribution >= 0.6 is 11.6 Å². The molecule has 0 aliphatic rings. The second-order valence-corrected chi connectivity index (χ2v) is 7.78. The zero-order valence-corrected chi connectivity index (χ0v) is 16.6. The number of rotatable bonds is 2. The van der Waals surface area contributed by atoms with Crippen LogP contribution in [0, 0.1) is 5.82 Å². The van der Waals surface area contributed by atoms with Crippen LogP contribution in [-0.2, 0) is 0 Å². The van der Waals surface area contributed by atoms with Gasteiger partial charge in [-0.15, -0.1) is 0 Å². The van der Waals surface area contributed by atoms with Crippen LogP contribution in [-0.4, -0.2) is 9.55 Å². The third-order valence-corrected chi connectivity index (χ3v) is 5.82. The summed E-state index contributed by atoms with van der Waals surface area (Å²) in [6.45, 7) is 0.